The molecule has 128 valence electrons. The average molecular weight is 345 g/mol. The van der Waals surface area contributed by atoms with Crippen LogP contribution < -0.4 is 11.3 Å². The molecule has 1 heterocycles. The van der Waals surface area contributed by atoms with Gasteiger partial charge in [-0.15, -0.1) is 6.58 Å². The molecule has 0 saturated heterocycles. The molecule has 0 aromatic carbocycles. The molecule has 0 spiro atoms. The third-order valence-corrected chi connectivity index (χ3v) is 3.57. The maximum Gasteiger partial charge on any atom is 0.259 e. The number of hydrogen-bond donors (Lipinski definition) is 6. The highest BCUT2D eigenvalue weighted by molar-refractivity contribution is 7.71. The highest BCUT2D eigenvalue weighted by atomic mass is 32.1. The number of nitrogens with one attached hydrogen (secondary N) is 1. The fourth-order valence-corrected chi connectivity index (χ4v) is 2.14. The largest absolute Gasteiger partial charge is 0.494 e. The van der Waals surface area contributed by atoms with Crippen LogP contribution in [0, 0.1) is 4.77 Å². The predicted octanol–water partition coefficient (Wildman–Crippen LogP) is -2.05. The van der Waals surface area contributed by atoms with Crippen LogP contribution in [-0.2, 0) is 17.8 Å². The molecule has 10 heteroatoms. The number of H-pyrrole nitrogens is 1. The van der Waals surface area contributed by atoms with Gasteiger partial charge in [0.1, 0.15) is 12.2 Å². The Bertz CT molecular complexity index is 698. The van der Waals surface area contributed by atoms with Crippen LogP contribution in [0.1, 0.15) is 5.56 Å². The Morgan fingerprint density at radius 2 is 2.09 bits per heavy atom. The summed E-state index contributed by atoms with van der Waals surface area (Å²) in [6.45, 7) is 2.82. The summed E-state index contributed by atoms with van der Waals surface area (Å²) in [5, 5.41) is 37.7. The van der Waals surface area contributed by atoms with Crippen molar-refractivity contribution in [2.24, 2.45) is 5.73 Å². The molecular weight excluding hydrogens is 326 g/mol. The van der Waals surface area contributed by atoms with Gasteiger partial charge >= 0.3 is 0 Å². The van der Waals surface area contributed by atoms with Gasteiger partial charge in [0.25, 0.3) is 5.56 Å². The number of aliphatic hydroxyl groups excluding tert-OH is 3. The number of ketones is 1. The van der Waals surface area contributed by atoms with Crippen LogP contribution in [0.2, 0.25) is 0 Å². The van der Waals surface area contributed by atoms with E-state index < -0.39 is 48.5 Å². The average Bonchev–Trinajstić information content (AvgIpc) is 2.52. The molecule has 0 bridgehead atoms. The van der Waals surface area contributed by atoms with Gasteiger partial charge in [-0.2, -0.15) is 0 Å². The number of carbonyl (C=O) groups excluding carboxylic acids is 1. The van der Waals surface area contributed by atoms with Crippen molar-refractivity contribution in [1.82, 2.24) is 9.55 Å². The smallest absolute Gasteiger partial charge is 0.259 e. The Morgan fingerprint density at radius 1 is 1.48 bits per heavy atom. The number of hydrogen-bond acceptors (Lipinski definition) is 8. The Morgan fingerprint density at radius 3 is 2.61 bits per heavy atom. The van der Waals surface area contributed by atoms with Crippen LogP contribution in [0.25, 0.3) is 0 Å². The lowest BCUT2D eigenvalue weighted by Crippen LogP contribution is -2.50. The molecule has 0 aliphatic heterocycles. The van der Waals surface area contributed by atoms with Crippen LogP contribution in [0.15, 0.2) is 17.4 Å². The van der Waals surface area contributed by atoms with Gasteiger partial charge in [-0.05, 0) is 12.2 Å². The van der Waals surface area contributed by atoms with E-state index in [0.717, 1.165) is 4.57 Å². The molecule has 3 atom stereocenters. The van der Waals surface area contributed by atoms with E-state index in [9.17, 15) is 24.9 Å². The number of nitrogens with zero attached hydrogens (tertiary/aromatic N) is 1. The van der Waals surface area contributed by atoms with Crippen LogP contribution in [0.4, 0.5) is 0 Å². The van der Waals surface area contributed by atoms with Gasteiger partial charge in [-0.25, -0.2) is 0 Å². The highest BCUT2D eigenvalue weighted by Gasteiger charge is 2.29. The number of rotatable bonds is 8. The van der Waals surface area contributed by atoms with Crippen LogP contribution >= 0.6 is 12.2 Å². The van der Waals surface area contributed by atoms with E-state index in [-0.39, 0.29) is 16.9 Å². The number of aromatic nitrogens is 2. The quantitative estimate of drug-likeness (QED) is 0.232. The summed E-state index contributed by atoms with van der Waals surface area (Å²) in [6, 6.07) is -1.54. The first-order valence-electron chi connectivity index (χ1n) is 6.65. The molecular formula is C13H19N3O6S. The summed E-state index contributed by atoms with van der Waals surface area (Å²) in [5.41, 5.74) is 4.47. The number of Topliss-reactive ketones (excluding diaryl/α,β-unsaturated/α-hetero) is 1. The normalized spacial score (nSPS) is 15.0. The summed E-state index contributed by atoms with van der Waals surface area (Å²) in [6.07, 6.45) is -2.44. The van der Waals surface area contributed by atoms with Gasteiger partial charge in [-0.1, -0.05) is 6.08 Å². The minimum atomic E-state index is -1.70. The first-order valence-corrected chi connectivity index (χ1v) is 7.06. The van der Waals surface area contributed by atoms with Crippen molar-refractivity contribution in [3.63, 3.8) is 0 Å². The van der Waals surface area contributed by atoms with Crippen LogP contribution in [0.5, 0.6) is 5.88 Å². The number of aromatic hydroxyl groups is 1. The molecule has 0 aliphatic carbocycles. The summed E-state index contributed by atoms with van der Waals surface area (Å²) < 4.78 is 1.13. The number of nitrogens with two attached hydrogens (primary N) is 1. The Balaban J connectivity index is 3.12. The van der Waals surface area contributed by atoms with E-state index >= 15 is 0 Å². The van der Waals surface area contributed by atoms with Crippen molar-refractivity contribution in [3.8, 4) is 5.88 Å². The Labute approximate surface area is 136 Å². The molecule has 0 saturated carbocycles. The van der Waals surface area contributed by atoms with Crippen molar-refractivity contribution >= 4 is 18.0 Å². The van der Waals surface area contributed by atoms with Crippen molar-refractivity contribution in [2.45, 2.75) is 31.2 Å². The van der Waals surface area contributed by atoms with Gasteiger partial charge in [0, 0.05) is 13.0 Å². The first kappa shape index (κ1) is 19.2. The molecule has 0 radical (unpaired) electrons. The summed E-state index contributed by atoms with van der Waals surface area (Å²) in [4.78, 5) is 26.2. The summed E-state index contributed by atoms with van der Waals surface area (Å²) >= 11 is 4.90. The number of aliphatic hydroxyl groups is 3. The van der Waals surface area contributed by atoms with Gasteiger partial charge in [-0.3, -0.25) is 19.1 Å². The molecule has 0 fully saturated rings. The van der Waals surface area contributed by atoms with E-state index in [0.29, 0.717) is 0 Å². The Hall–Kier alpha value is -1.85. The predicted molar refractivity (Wildman–Crippen MR) is 83.5 cm³/mol. The number of aromatic amines is 1. The van der Waals surface area contributed by atoms with Gasteiger partial charge in [0.2, 0.25) is 5.88 Å². The SMILES string of the molecule is C=CCn1c(O)c(CC(=O)C(N)[C@H](O)C(O)CO)c(=O)[nH]c1=S. The maximum absolute atomic E-state index is 12.0. The van der Waals surface area contributed by atoms with Crippen molar-refractivity contribution in [3.05, 3.63) is 33.3 Å². The fourth-order valence-electron chi connectivity index (χ4n) is 1.89. The van der Waals surface area contributed by atoms with Crippen molar-refractivity contribution in [1.29, 1.82) is 0 Å². The summed E-state index contributed by atoms with van der Waals surface area (Å²) in [5.74, 6) is -1.30. The summed E-state index contributed by atoms with van der Waals surface area (Å²) in [7, 11) is 0. The van der Waals surface area contributed by atoms with E-state index in [1.54, 1.807) is 0 Å². The lowest BCUT2D eigenvalue weighted by atomic mass is 9.98. The molecule has 0 amide bonds. The van der Waals surface area contributed by atoms with Gasteiger partial charge in [0.15, 0.2) is 10.6 Å². The van der Waals surface area contributed by atoms with Gasteiger partial charge in [0.05, 0.1) is 18.2 Å². The lowest BCUT2D eigenvalue weighted by Gasteiger charge is -2.21. The minimum absolute atomic E-state index is 0.0383. The topological polar surface area (TPSA) is 162 Å². The molecule has 0 aliphatic rings. The molecule has 9 nitrogen and oxygen atoms in total. The number of allylic oxidation sites excluding steroid dienone is 1. The second-order valence-electron chi connectivity index (χ2n) is 4.87. The van der Waals surface area contributed by atoms with Crippen LogP contribution in [0.3, 0.4) is 0 Å². The molecule has 1 aromatic heterocycles. The zero-order valence-electron chi connectivity index (χ0n) is 12.2. The molecule has 7 N–H and O–H groups in total. The van der Waals surface area contributed by atoms with E-state index in [4.69, 9.17) is 23.1 Å². The lowest BCUT2D eigenvalue weighted by molar-refractivity contribution is -0.125. The molecule has 1 aromatic rings. The molecule has 1 rings (SSSR count). The Kier molecular flexibility index (Phi) is 6.79. The van der Waals surface area contributed by atoms with Gasteiger partial charge < -0.3 is 26.2 Å². The standard InChI is InChI=1S/C13H19N3O6S/c1-2-3-16-12(22)6(11(21)15-13(16)23)4-7(18)9(14)10(20)8(19)5-17/h2,8-10,17,19-20,22H,1,3-5,14H2,(H,15,21,23)/t8?,9?,10-/m1/s1. The van der Waals surface area contributed by atoms with E-state index in [1.807, 2.05) is 0 Å². The zero-order valence-corrected chi connectivity index (χ0v) is 13.0. The van der Waals surface area contributed by atoms with E-state index in [1.165, 1.54) is 6.08 Å². The maximum atomic E-state index is 12.0. The third-order valence-electron chi connectivity index (χ3n) is 3.25. The van der Waals surface area contributed by atoms with E-state index in [2.05, 4.69) is 11.6 Å². The van der Waals surface area contributed by atoms with Crippen LogP contribution in [-0.4, -0.2) is 60.6 Å². The molecule has 2 unspecified atom stereocenters. The zero-order chi connectivity index (χ0) is 17.7. The van der Waals surface area contributed by atoms with Crippen molar-refractivity contribution in [2.75, 3.05) is 6.61 Å². The fraction of sp³-hybridized carbons (Fsp3) is 0.462. The van der Waals surface area contributed by atoms with Crippen molar-refractivity contribution < 1.29 is 25.2 Å². The number of carbonyl (C=O) groups is 1. The monoisotopic (exact) mass is 345 g/mol. The first-order chi connectivity index (χ1) is 10.7. The minimum Gasteiger partial charge on any atom is -0.494 e. The second-order valence-corrected chi connectivity index (χ2v) is 5.26. The highest BCUT2D eigenvalue weighted by Crippen LogP contribution is 2.15. The third kappa shape index (κ3) is 4.33. The second kappa shape index (κ2) is 8.13. The molecule has 23 heavy (non-hydrogen) atoms.